The van der Waals surface area contributed by atoms with Crippen LogP contribution in [0.4, 0.5) is 48.8 Å². The molecule has 4 amide bonds. The highest BCUT2D eigenvalue weighted by Gasteiger charge is 2.35. The van der Waals surface area contributed by atoms with Gasteiger partial charge in [0.2, 0.25) is 0 Å². The number of carbonyl (C=O) groups is 3. The number of ether oxygens (including phenoxy) is 2. The Balaban J connectivity index is 1.78. The molecule has 0 radical (unpaired) electrons. The van der Waals surface area contributed by atoms with Crippen molar-refractivity contribution in [3.05, 3.63) is 58.9 Å². The lowest BCUT2D eigenvalue weighted by Crippen LogP contribution is -2.47. The van der Waals surface area contributed by atoms with Gasteiger partial charge in [0, 0.05) is 69.2 Å². The molecule has 0 unspecified atom stereocenters. The smallest absolute Gasteiger partial charge is 0.423 e. The van der Waals surface area contributed by atoms with Crippen molar-refractivity contribution >= 4 is 52.6 Å². The van der Waals surface area contributed by atoms with E-state index in [2.05, 4.69) is 21.8 Å². The Hall–Kier alpha value is -5.71. The lowest BCUT2D eigenvalue weighted by Gasteiger charge is -2.35. The van der Waals surface area contributed by atoms with E-state index in [0.717, 1.165) is 54.0 Å². The summed E-state index contributed by atoms with van der Waals surface area (Å²) in [6, 6.07) is 7.90. The van der Waals surface area contributed by atoms with Gasteiger partial charge in [-0.3, -0.25) is 15.0 Å². The zero-order valence-corrected chi connectivity index (χ0v) is 30.0. The molecule has 1 saturated heterocycles. The van der Waals surface area contributed by atoms with Crippen molar-refractivity contribution in [3.8, 4) is 11.5 Å². The van der Waals surface area contributed by atoms with Crippen molar-refractivity contribution < 1.29 is 39.0 Å². The number of amides is 4. The molecule has 1 aliphatic rings. The lowest BCUT2D eigenvalue weighted by atomic mass is 10.1. The molecule has 1 aromatic heterocycles. The predicted molar refractivity (Wildman–Crippen MR) is 190 cm³/mol. The molecule has 0 bridgehead atoms. The minimum absolute atomic E-state index is 0.135. The van der Waals surface area contributed by atoms with Crippen molar-refractivity contribution in [1.29, 1.82) is 0 Å². The molecule has 2 heterocycles. The van der Waals surface area contributed by atoms with Crippen molar-refractivity contribution in [2.45, 2.75) is 59.7 Å². The quantitative estimate of drug-likeness (QED) is 0.214. The Labute approximate surface area is 295 Å². The predicted octanol–water partition coefficient (Wildman–Crippen LogP) is 6.01. The number of hydrogen-bond acceptors (Lipinski definition) is 13. The van der Waals surface area contributed by atoms with Crippen LogP contribution in [0.1, 0.15) is 48.5 Å². The molecule has 17 heteroatoms. The first-order valence-electron chi connectivity index (χ1n) is 16.2. The van der Waals surface area contributed by atoms with Crippen LogP contribution in [-0.2, 0) is 9.47 Å². The Kier molecular flexibility index (Phi) is 11.2. The zero-order valence-electron chi connectivity index (χ0n) is 30.0. The first kappa shape index (κ1) is 38.1. The number of rotatable bonds is 7. The molecule has 274 valence electrons. The highest BCUT2D eigenvalue weighted by molar-refractivity contribution is 6.17. The average Bonchev–Trinajstić information content (AvgIpc) is 3.02. The second kappa shape index (κ2) is 15.0. The van der Waals surface area contributed by atoms with Crippen LogP contribution in [-0.4, -0.2) is 99.2 Å². The first-order chi connectivity index (χ1) is 23.8. The highest BCUT2D eigenvalue weighted by atomic mass is 16.6. The van der Waals surface area contributed by atoms with E-state index in [1.165, 1.54) is 25.2 Å². The molecule has 2 N–H and O–H groups in total. The van der Waals surface area contributed by atoms with Crippen LogP contribution in [0.25, 0.3) is 0 Å². The molecule has 1 aliphatic heterocycles. The van der Waals surface area contributed by atoms with Crippen LogP contribution in [0.3, 0.4) is 0 Å². The van der Waals surface area contributed by atoms with Crippen LogP contribution >= 0.6 is 0 Å². The van der Waals surface area contributed by atoms with Gasteiger partial charge in [-0.25, -0.2) is 29.3 Å². The standard InChI is InChI=1S/C34H44N8O9/c1-9-38-12-14-39(15-13-38)22-10-11-26(27(18-22)42(48)49)41(32(47)51-34(5,6)7)29-20-28(35-21-36-29)37(8)30(45)40(31(46)50-33(2,3)4)23-16-24(43)19-25(44)17-23/h10-11,16-21,43-44H,9,12-15H2,1-8H3. The minimum atomic E-state index is -1.12. The van der Waals surface area contributed by atoms with Gasteiger partial charge in [-0.05, 0) is 60.2 Å². The number of phenolic OH excluding ortho intramolecular Hbond substituents is 2. The summed E-state index contributed by atoms with van der Waals surface area (Å²) in [6.07, 6.45) is -1.07. The van der Waals surface area contributed by atoms with Crippen molar-refractivity contribution in [3.63, 3.8) is 0 Å². The van der Waals surface area contributed by atoms with Gasteiger partial charge in [-0.1, -0.05) is 6.92 Å². The molecular formula is C34H44N8O9. The Bertz CT molecular complexity index is 1760. The fraction of sp³-hybridized carbons (Fsp3) is 0.441. The van der Waals surface area contributed by atoms with Crippen molar-refractivity contribution in [2.24, 2.45) is 0 Å². The van der Waals surface area contributed by atoms with Gasteiger partial charge in [0.15, 0.2) is 0 Å². The van der Waals surface area contributed by atoms with Crippen molar-refractivity contribution in [2.75, 3.05) is 59.4 Å². The summed E-state index contributed by atoms with van der Waals surface area (Å²) in [7, 11) is 1.28. The third kappa shape index (κ3) is 9.50. The molecule has 3 aromatic rings. The fourth-order valence-corrected chi connectivity index (χ4v) is 5.19. The van der Waals surface area contributed by atoms with E-state index < -0.39 is 45.8 Å². The molecule has 4 rings (SSSR count). The fourth-order valence-electron chi connectivity index (χ4n) is 5.19. The average molecular weight is 709 g/mol. The number of imide groups is 1. The van der Waals surface area contributed by atoms with Gasteiger partial charge in [-0.2, -0.15) is 4.90 Å². The van der Waals surface area contributed by atoms with E-state index in [1.807, 2.05) is 4.90 Å². The number of benzene rings is 2. The van der Waals surface area contributed by atoms with E-state index in [-0.39, 0.29) is 28.7 Å². The van der Waals surface area contributed by atoms with Crippen LogP contribution < -0.4 is 19.6 Å². The second-order valence-corrected chi connectivity index (χ2v) is 13.8. The normalized spacial score (nSPS) is 13.7. The largest absolute Gasteiger partial charge is 0.508 e. The molecule has 2 aromatic carbocycles. The monoisotopic (exact) mass is 708 g/mol. The molecule has 0 spiro atoms. The molecule has 0 atom stereocenters. The van der Waals surface area contributed by atoms with Crippen LogP contribution in [0.5, 0.6) is 11.5 Å². The molecule has 0 aliphatic carbocycles. The second-order valence-electron chi connectivity index (χ2n) is 13.8. The number of anilines is 5. The van der Waals surface area contributed by atoms with E-state index in [0.29, 0.717) is 23.7 Å². The number of phenols is 2. The maximum Gasteiger partial charge on any atom is 0.423 e. The maximum atomic E-state index is 14.0. The number of nitrogens with zero attached hydrogens (tertiary/aromatic N) is 8. The number of urea groups is 1. The molecular weight excluding hydrogens is 664 g/mol. The van der Waals surface area contributed by atoms with Gasteiger partial charge in [0.1, 0.15) is 46.4 Å². The van der Waals surface area contributed by atoms with E-state index >= 15 is 0 Å². The van der Waals surface area contributed by atoms with E-state index in [9.17, 15) is 34.7 Å². The third-order valence-corrected chi connectivity index (χ3v) is 7.57. The SMILES string of the molecule is CCN1CCN(c2ccc(N(C(=O)OC(C)(C)C)c3cc(N(C)C(=O)N(C(=O)OC(C)(C)C)c4cc(O)cc(O)c4)ncn3)c([N+](=O)[O-])c2)CC1. The van der Waals surface area contributed by atoms with Crippen LogP contribution in [0.15, 0.2) is 48.8 Å². The number of nitro groups is 1. The van der Waals surface area contributed by atoms with Gasteiger partial charge < -0.3 is 29.5 Å². The van der Waals surface area contributed by atoms with Gasteiger partial charge in [0.05, 0.1) is 10.6 Å². The highest BCUT2D eigenvalue weighted by Crippen LogP contribution is 2.38. The van der Waals surface area contributed by atoms with Gasteiger partial charge >= 0.3 is 18.2 Å². The summed E-state index contributed by atoms with van der Waals surface area (Å²) in [6.45, 7) is 15.6. The minimum Gasteiger partial charge on any atom is -0.508 e. The van der Waals surface area contributed by atoms with E-state index in [1.54, 1.807) is 47.6 Å². The molecule has 0 saturated carbocycles. The van der Waals surface area contributed by atoms with Crippen LogP contribution in [0.2, 0.25) is 0 Å². The molecule has 51 heavy (non-hydrogen) atoms. The number of carbonyl (C=O) groups excluding carboxylic acids is 3. The summed E-state index contributed by atoms with van der Waals surface area (Å²) >= 11 is 0. The molecule has 1 fully saturated rings. The Morgan fingerprint density at radius 3 is 1.98 bits per heavy atom. The van der Waals surface area contributed by atoms with Crippen molar-refractivity contribution in [1.82, 2.24) is 14.9 Å². The maximum absolute atomic E-state index is 14.0. The number of aromatic nitrogens is 2. The number of aromatic hydroxyl groups is 2. The van der Waals surface area contributed by atoms with Gasteiger partial charge in [-0.15, -0.1) is 0 Å². The summed E-state index contributed by atoms with van der Waals surface area (Å²) in [5, 5.41) is 32.8. The van der Waals surface area contributed by atoms with Gasteiger partial charge in [0.25, 0.3) is 5.69 Å². The third-order valence-electron chi connectivity index (χ3n) is 7.57. The number of hydrogen-bond donors (Lipinski definition) is 2. The van der Waals surface area contributed by atoms with Crippen LogP contribution in [0, 0.1) is 10.1 Å². The summed E-state index contributed by atoms with van der Waals surface area (Å²) < 4.78 is 11.1. The Morgan fingerprint density at radius 1 is 0.863 bits per heavy atom. The summed E-state index contributed by atoms with van der Waals surface area (Å²) in [5.74, 6) is -1.17. The topological polar surface area (TPSA) is 195 Å². The number of nitro benzene ring substituents is 1. The molecule has 17 nitrogen and oxygen atoms in total. The Morgan fingerprint density at radius 2 is 1.43 bits per heavy atom. The number of piperazine rings is 1. The number of likely N-dealkylation sites (N-methyl/N-ethyl adjacent to an activating group) is 1. The first-order valence-corrected chi connectivity index (χ1v) is 16.2. The lowest BCUT2D eigenvalue weighted by molar-refractivity contribution is -0.384. The zero-order chi connectivity index (χ0) is 37.8. The summed E-state index contributed by atoms with van der Waals surface area (Å²) in [5.41, 5.74) is -2.17. The summed E-state index contributed by atoms with van der Waals surface area (Å²) in [4.78, 5) is 68.1. The van der Waals surface area contributed by atoms with E-state index in [4.69, 9.17) is 9.47 Å².